The molecule has 0 spiro atoms. The highest BCUT2D eigenvalue weighted by molar-refractivity contribution is 5.96. The van der Waals surface area contributed by atoms with E-state index in [1.165, 1.54) is 4.90 Å². The number of carbonyl (C=O) groups excluding carboxylic acids is 2. The maximum absolute atomic E-state index is 12.3. The fraction of sp³-hybridized carbons (Fsp3) is 0.467. The van der Waals surface area contributed by atoms with E-state index in [9.17, 15) is 9.59 Å². The van der Waals surface area contributed by atoms with Gasteiger partial charge in [0, 0.05) is 12.7 Å². The minimum Gasteiger partial charge on any atom is -0.335 e. The van der Waals surface area contributed by atoms with Crippen LogP contribution in [0.5, 0.6) is 0 Å². The first kappa shape index (κ1) is 14.5. The summed E-state index contributed by atoms with van der Waals surface area (Å²) in [6.45, 7) is 1.76. The van der Waals surface area contributed by atoms with Crippen molar-refractivity contribution in [3.63, 3.8) is 0 Å². The quantitative estimate of drug-likeness (QED) is 0.848. The normalized spacial score (nSPS) is 17.1. The number of hydrogen-bond acceptors (Lipinski definition) is 3. The molecule has 0 heterocycles. The van der Waals surface area contributed by atoms with Crippen LogP contribution < -0.4 is 11.1 Å². The molecule has 0 saturated heterocycles. The number of amides is 2. The Morgan fingerprint density at radius 2 is 1.95 bits per heavy atom. The van der Waals surface area contributed by atoms with Gasteiger partial charge in [-0.25, -0.2) is 0 Å². The molecule has 5 nitrogen and oxygen atoms in total. The average molecular weight is 275 g/mol. The fourth-order valence-corrected chi connectivity index (χ4v) is 2.28. The standard InChI is InChI=1S/C15H21N3O2/c1-15(16,11-8-9-11)14(20)18(2)10-13(19)17-12-6-4-3-5-7-12/h3-7,11H,8-10,16H2,1-2H3,(H,17,19). The molecule has 20 heavy (non-hydrogen) atoms. The monoisotopic (exact) mass is 275 g/mol. The predicted octanol–water partition coefficient (Wildman–Crippen LogP) is 1.21. The molecule has 0 aliphatic heterocycles. The molecule has 1 aromatic rings. The number of nitrogens with zero attached hydrogens (tertiary/aromatic N) is 1. The van der Waals surface area contributed by atoms with Crippen molar-refractivity contribution in [1.82, 2.24) is 4.90 Å². The topological polar surface area (TPSA) is 75.4 Å². The zero-order valence-electron chi connectivity index (χ0n) is 11.9. The van der Waals surface area contributed by atoms with Crippen molar-refractivity contribution in [2.24, 2.45) is 11.7 Å². The molecule has 1 aliphatic rings. The van der Waals surface area contributed by atoms with Crippen molar-refractivity contribution in [1.29, 1.82) is 0 Å². The zero-order chi connectivity index (χ0) is 14.8. The SMILES string of the molecule is CN(CC(=O)Nc1ccccc1)C(=O)C(C)(N)C1CC1. The molecule has 5 heteroatoms. The van der Waals surface area contributed by atoms with E-state index in [4.69, 9.17) is 5.73 Å². The van der Waals surface area contributed by atoms with Crippen molar-refractivity contribution in [2.45, 2.75) is 25.3 Å². The number of carbonyl (C=O) groups is 2. The van der Waals surface area contributed by atoms with Crippen LogP contribution in [-0.2, 0) is 9.59 Å². The lowest BCUT2D eigenvalue weighted by atomic mass is 9.95. The number of hydrogen-bond donors (Lipinski definition) is 2. The summed E-state index contributed by atoms with van der Waals surface area (Å²) < 4.78 is 0. The van der Waals surface area contributed by atoms with Gasteiger partial charge in [-0.15, -0.1) is 0 Å². The van der Waals surface area contributed by atoms with E-state index in [1.54, 1.807) is 26.1 Å². The molecule has 1 fully saturated rings. The summed E-state index contributed by atoms with van der Waals surface area (Å²) in [4.78, 5) is 25.5. The van der Waals surface area contributed by atoms with Gasteiger partial charge in [0.05, 0.1) is 12.1 Å². The molecule has 2 rings (SSSR count). The van der Waals surface area contributed by atoms with Gasteiger partial charge in [0.25, 0.3) is 0 Å². The Balaban J connectivity index is 1.89. The Bertz CT molecular complexity index is 495. The molecule has 0 radical (unpaired) electrons. The smallest absolute Gasteiger partial charge is 0.243 e. The molecule has 1 saturated carbocycles. The molecular weight excluding hydrogens is 254 g/mol. The molecule has 1 atom stereocenters. The van der Waals surface area contributed by atoms with Gasteiger partial charge in [0.15, 0.2) is 0 Å². The minimum atomic E-state index is -0.859. The van der Waals surface area contributed by atoms with Crippen LogP contribution in [0, 0.1) is 5.92 Å². The van der Waals surface area contributed by atoms with E-state index in [0.29, 0.717) is 0 Å². The first-order valence-electron chi connectivity index (χ1n) is 6.80. The van der Waals surface area contributed by atoms with E-state index in [0.717, 1.165) is 18.5 Å². The Labute approximate surface area is 119 Å². The van der Waals surface area contributed by atoms with Crippen LogP contribution in [0.4, 0.5) is 5.69 Å². The molecule has 3 N–H and O–H groups in total. The highest BCUT2D eigenvalue weighted by Crippen LogP contribution is 2.38. The number of benzene rings is 1. The maximum Gasteiger partial charge on any atom is 0.243 e. The summed E-state index contributed by atoms with van der Waals surface area (Å²) in [7, 11) is 1.61. The summed E-state index contributed by atoms with van der Waals surface area (Å²) in [6, 6.07) is 9.16. The zero-order valence-corrected chi connectivity index (χ0v) is 11.9. The van der Waals surface area contributed by atoms with Gasteiger partial charge in [0.2, 0.25) is 11.8 Å². The molecule has 1 unspecified atom stereocenters. The van der Waals surface area contributed by atoms with Crippen molar-refractivity contribution in [3.05, 3.63) is 30.3 Å². The Hall–Kier alpha value is -1.88. The van der Waals surface area contributed by atoms with Crippen LogP contribution in [0.2, 0.25) is 0 Å². The summed E-state index contributed by atoms with van der Waals surface area (Å²) in [6.07, 6.45) is 1.98. The number of likely N-dealkylation sites (N-methyl/N-ethyl adjacent to an activating group) is 1. The molecular formula is C15H21N3O2. The minimum absolute atomic E-state index is 0.00718. The van der Waals surface area contributed by atoms with E-state index >= 15 is 0 Å². The van der Waals surface area contributed by atoms with Gasteiger partial charge in [-0.05, 0) is 37.8 Å². The Kier molecular flexibility index (Phi) is 4.09. The number of para-hydroxylation sites is 1. The lowest BCUT2D eigenvalue weighted by Gasteiger charge is -2.28. The third-order valence-electron chi connectivity index (χ3n) is 3.67. The summed E-state index contributed by atoms with van der Waals surface area (Å²) in [5.74, 6) is -0.156. The van der Waals surface area contributed by atoms with Crippen LogP contribution in [0.25, 0.3) is 0 Å². The third kappa shape index (κ3) is 3.36. The first-order chi connectivity index (χ1) is 9.41. The number of rotatable bonds is 5. The van der Waals surface area contributed by atoms with Gasteiger partial charge >= 0.3 is 0 Å². The second-order valence-corrected chi connectivity index (χ2v) is 5.63. The second kappa shape index (κ2) is 5.63. The van der Waals surface area contributed by atoms with Gasteiger partial charge in [-0.2, -0.15) is 0 Å². The molecule has 2 amide bonds. The lowest BCUT2D eigenvalue weighted by molar-refractivity contribution is -0.138. The average Bonchev–Trinajstić information content (AvgIpc) is 3.23. The van der Waals surface area contributed by atoms with Gasteiger partial charge in [0.1, 0.15) is 0 Å². The van der Waals surface area contributed by atoms with Crippen molar-refractivity contribution in [3.8, 4) is 0 Å². The van der Waals surface area contributed by atoms with E-state index < -0.39 is 5.54 Å². The summed E-state index contributed by atoms with van der Waals surface area (Å²) in [5.41, 5.74) is 5.93. The van der Waals surface area contributed by atoms with Crippen molar-refractivity contribution in [2.75, 3.05) is 18.9 Å². The molecule has 1 aliphatic carbocycles. The first-order valence-corrected chi connectivity index (χ1v) is 6.80. The number of nitrogens with one attached hydrogen (secondary N) is 1. The van der Waals surface area contributed by atoms with Crippen molar-refractivity contribution >= 4 is 17.5 Å². The summed E-state index contributed by atoms with van der Waals surface area (Å²) >= 11 is 0. The van der Waals surface area contributed by atoms with Gasteiger partial charge in [-0.3, -0.25) is 9.59 Å². The van der Waals surface area contributed by atoms with Crippen LogP contribution in [0.3, 0.4) is 0 Å². The number of anilines is 1. The Morgan fingerprint density at radius 3 is 2.50 bits per heavy atom. The van der Waals surface area contributed by atoms with Crippen LogP contribution >= 0.6 is 0 Å². The van der Waals surface area contributed by atoms with Crippen LogP contribution in [-0.4, -0.2) is 35.8 Å². The molecule has 108 valence electrons. The highest BCUT2D eigenvalue weighted by atomic mass is 16.2. The second-order valence-electron chi connectivity index (χ2n) is 5.63. The van der Waals surface area contributed by atoms with Crippen molar-refractivity contribution < 1.29 is 9.59 Å². The molecule has 0 bridgehead atoms. The van der Waals surface area contributed by atoms with Crippen LogP contribution in [0.15, 0.2) is 30.3 Å². The van der Waals surface area contributed by atoms with Gasteiger partial charge < -0.3 is 16.0 Å². The number of nitrogens with two attached hydrogens (primary N) is 1. The molecule has 0 aromatic heterocycles. The third-order valence-corrected chi connectivity index (χ3v) is 3.67. The van der Waals surface area contributed by atoms with E-state index in [-0.39, 0.29) is 24.3 Å². The highest BCUT2D eigenvalue weighted by Gasteiger charge is 2.45. The van der Waals surface area contributed by atoms with E-state index in [1.807, 2.05) is 18.2 Å². The predicted molar refractivity (Wildman–Crippen MR) is 78.0 cm³/mol. The van der Waals surface area contributed by atoms with E-state index in [2.05, 4.69) is 5.32 Å². The van der Waals surface area contributed by atoms with Crippen LogP contribution in [0.1, 0.15) is 19.8 Å². The Morgan fingerprint density at radius 1 is 1.35 bits per heavy atom. The largest absolute Gasteiger partial charge is 0.335 e. The molecule has 1 aromatic carbocycles. The lowest BCUT2D eigenvalue weighted by Crippen LogP contribution is -2.55. The van der Waals surface area contributed by atoms with Gasteiger partial charge in [-0.1, -0.05) is 18.2 Å². The fourth-order valence-electron chi connectivity index (χ4n) is 2.28. The maximum atomic E-state index is 12.3. The summed E-state index contributed by atoms with van der Waals surface area (Å²) in [5, 5.41) is 2.75.